The van der Waals surface area contributed by atoms with Crippen molar-refractivity contribution in [1.82, 2.24) is 5.32 Å². The molecule has 1 aromatic rings. The number of benzene rings is 1. The Bertz CT molecular complexity index is 711. The molecular formula is C21H27NO3S2. The largest absolute Gasteiger partial charge is 0.481 e. The molecule has 1 heterocycles. The Morgan fingerprint density at radius 3 is 2.19 bits per heavy atom. The number of aryl methyl sites for hydroxylation is 2. The summed E-state index contributed by atoms with van der Waals surface area (Å²) < 4.78 is 0.545. The molecule has 1 amide bonds. The first-order chi connectivity index (χ1) is 13.0. The van der Waals surface area contributed by atoms with E-state index in [0.29, 0.717) is 10.7 Å². The van der Waals surface area contributed by atoms with Crippen molar-refractivity contribution < 1.29 is 14.7 Å². The van der Waals surface area contributed by atoms with Gasteiger partial charge in [0.25, 0.3) is 5.91 Å². The maximum atomic E-state index is 12.2. The lowest BCUT2D eigenvalue weighted by molar-refractivity contribution is -0.137. The molecule has 2 rings (SSSR count). The summed E-state index contributed by atoms with van der Waals surface area (Å²) in [5.74, 6) is -0.830. The van der Waals surface area contributed by atoms with Crippen LogP contribution in [0.4, 0.5) is 0 Å². The van der Waals surface area contributed by atoms with Gasteiger partial charge in [0.2, 0.25) is 0 Å². The second-order valence-electron chi connectivity index (χ2n) is 6.80. The van der Waals surface area contributed by atoms with E-state index in [2.05, 4.69) is 24.4 Å². The number of aliphatic carboxylic acids is 1. The van der Waals surface area contributed by atoms with Crippen molar-refractivity contribution >= 4 is 40.2 Å². The first-order valence-corrected chi connectivity index (χ1v) is 10.8. The lowest BCUT2D eigenvalue weighted by atomic mass is 9.97. The lowest BCUT2D eigenvalue weighted by Gasteiger charge is -2.10. The van der Waals surface area contributed by atoms with Crippen LogP contribution < -0.4 is 5.32 Å². The van der Waals surface area contributed by atoms with E-state index in [1.807, 2.05) is 12.1 Å². The number of thioether (sulfide) groups is 1. The van der Waals surface area contributed by atoms with Gasteiger partial charge in [-0.3, -0.25) is 9.59 Å². The highest BCUT2D eigenvalue weighted by Gasteiger charge is 2.25. The van der Waals surface area contributed by atoms with Crippen molar-refractivity contribution in [2.75, 3.05) is 0 Å². The van der Waals surface area contributed by atoms with E-state index in [9.17, 15) is 9.59 Å². The Morgan fingerprint density at radius 1 is 1.04 bits per heavy atom. The van der Waals surface area contributed by atoms with Crippen LogP contribution in [0, 0.1) is 0 Å². The number of carboxylic acid groups (broad SMARTS) is 1. The van der Waals surface area contributed by atoms with Gasteiger partial charge in [0.15, 0.2) is 0 Å². The van der Waals surface area contributed by atoms with E-state index in [1.165, 1.54) is 42.2 Å². The van der Waals surface area contributed by atoms with Crippen LogP contribution in [0.2, 0.25) is 0 Å². The highest BCUT2D eigenvalue weighted by atomic mass is 32.2. The predicted molar refractivity (Wildman–Crippen MR) is 115 cm³/mol. The Kier molecular flexibility index (Phi) is 9.01. The number of nitrogens with one attached hydrogen (secondary N) is 1. The molecule has 0 radical (unpaired) electrons. The van der Waals surface area contributed by atoms with E-state index < -0.39 is 5.97 Å². The quantitative estimate of drug-likeness (QED) is 0.308. The zero-order valence-electron chi connectivity index (χ0n) is 15.8. The van der Waals surface area contributed by atoms with Gasteiger partial charge < -0.3 is 10.4 Å². The average molecular weight is 406 g/mol. The van der Waals surface area contributed by atoms with Crippen LogP contribution in [-0.2, 0) is 22.4 Å². The normalized spacial score (nSPS) is 15.7. The van der Waals surface area contributed by atoms with Crippen LogP contribution >= 0.6 is 24.0 Å². The molecule has 146 valence electrons. The summed E-state index contributed by atoms with van der Waals surface area (Å²) in [7, 11) is 0. The maximum Gasteiger partial charge on any atom is 0.303 e. The Labute approximate surface area is 170 Å². The summed E-state index contributed by atoms with van der Waals surface area (Å²) in [4.78, 5) is 23.6. The molecule has 1 fully saturated rings. The van der Waals surface area contributed by atoms with Gasteiger partial charge in [-0.1, -0.05) is 80.0 Å². The van der Waals surface area contributed by atoms with Crippen LogP contribution in [-0.4, -0.2) is 21.3 Å². The molecule has 0 atom stereocenters. The third-order valence-corrected chi connectivity index (χ3v) is 5.95. The van der Waals surface area contributed by atoms with Gasteiger partial charge in [0.1, 0.15) is 4.32 Å². The summed E-state index contributed by atoms with van der Waals surface area (Å²) >= 11 is 6.52. The number of unbranched alkanes of at least 4 members (excludes halogenated alkanes) is 3. The van der Waals surface area contributed by atoms with Crippen LogP contribution in [0.5, 0.6) is 0 Å². The number of carboxylic acids is 1. The van der Waals surface area contributed by atoms with Crippen LogP contribution in [0.15, 0.2) is 34.7 Å². The van der Waals surface area contributed by atoms with Crippen LogP contribution in [0.25, 0.3) is 0 Å². The zero-order valence-corrected chi connectivity index (χ0v) is 17.4. The molecule has 0 aliphatic carbocycles. The minimum atomic E-state index is -0.774. The number of amides is 1. The predicted octanol–water partition coefficient (Wildman–Crippen LogP) is 5.01. The van der Waals surface area contributed by atoms with Gasteiger partial charge in [-0.15, -0.1) is 0 Å². The Balaban J connectivity index is 1.98. The molecule has 0 bridgehead atoms. The van der Waals surface area contributed by atoms with Crippen LogP contribution in [0.1, 0.15) is 63.0 Å². The van der Waals surface area contributed by atoms with Crippen molar-refractivity contribution in [2.45, 2.75) is 64.7 Å². The number of rotatable bonds is 11. The first kappa shape index (κ1) is 21.6. The standard InChI is InChI=1S/C21H27NO3S2/c1-2-3-4-5-6-17(19-20(25)22-21(26)27-19)13-11-15-7-9-16(10-8-15)12-14-18(23)24/h7-10H,2-6,11-14H2,1H3,(H,23,24)(H,22,25,26)/b19-17+. The number of hydrogen-bond acceptors (Lipinski definition) is 4. The van der Waals surface area contributed by atoms with Gasteiger partial charge in [0, 0.05) is 6.42 Å². The molecule has 0 saturated carbocycles. The Morgan fingerprint density at radius 2 is 1.67 bits per heavy atom. The third kappa shape index (κ3) is 7.46. The van der Waals surface area contributed by atoms with Crippen molar-refractivity contribution in [3.63, 3.8) is 0 Å². The molecule has 0 aromatic heterocycles. The SMILES string of the molecule is CCCCCC/C(CCc1ccc(CCC(=O)O)cc1)=C1\SC(=S)NC1=O. The van der Waals surface area contributed by atoms with E-state index in [4.69, 9.17) is 17.3 Å². The maximum absolute atomic E-state index is 12.2. The molecule has 2 N–H and O–H groups in total. The molecule has 1 aliphatic heterocycles. The highest BCUT2D eigenvalue weighted by molar-refractivity contribution is 8.26. The molecule has 0 spiro atoms. The fraction of sp³-hybridized carbons (Fsp3) is 0.476. The topological polar surface area (TPSA) is 66.4 Å². The fourth-order valence-electron chi connectivity index (χ4n) is 3.08. The molecule has 4 nitrogen and oxygen atoms in total. The minimum absolute atomic E-state index is 0.0560. The van der Waals surface area contributed by atoms with Crippen molar-refractivity contribution in [3.05, 3.63) is 45.9 Å². The van der Waals surface area contributed by atoms with Gasteiger partial charge >= 0.3 is 5.97 Å². The van der Waals surface area contributed by atoms with Crippen molar-refractivity contribution in [3.8, 4) is 0 Å². The van der Waals surface area contributed by atoms with E-state index in [-0.39, 0.29) is 12.3 Å². The summed E-state index contributed by atoms with van der Waals surface area (Å²) in [6, 6.07) is 8.11. The average Bonchev–Trinajstić information content (AvgIpc) is 2.98. The van der Waals surface area contributed by atoms with E-state index in [1.54, 1.807) is 0 Å². The molecule has 6 heteroatoms. The number of carbonyl (C=O) groups is 2. The number of carbonyl (C=O) groups excluding carboxylic acids is 1. The summed E-state index contributed by atoms with van der Waals surface area (Å²) in [6.07, 6.45) is 8.05. The number of thiocarbonyl (C=S) groups is 1. The molecule has 0 unspecified atom stereocenters. The number of hydrogen-bond donors (Lipinski definition) is 2. The van der Waals surface area contributed by atoms with Gasteiger partial charge in [-0.05, 0) is 43.2 Å². The molecule has 27 heavy (non-hydrogen) atoms. The minimum Gasteiger partial charge on any atom is -0.481 e. The summed E-state index contributed by atoms with van der Waals surface area (Å²) in [5.41, 5.74) is 3.44. The first-order valence-electron chi connectivity index (χ1n) is 9.54. The van der Waals surface area contributed by atoms with E-state index >= 15 is 0 Å². The monoisotopic (exact) mass is 405 g/mol. The summed E-state index contributed by atoms with van der Waals surface area (Å²) in [6.45, 7) is 2.19. The van der Waals surface area contributed by atoms with Gasteiger partial charge in [-0.2, -0.15) is 0 Å². The second-order valence-corrected chi connectivity index (χ2v) is 8.48. The molecule has 1 saturated heterocycles. The smallest absolute Gasteiger partial charge is 0.303 e. The highest BCUT2D eigenvalue weighted by Crippen LogP contribution is 2.31. The fourth-order valence-corrected chi connectivity index (χ4v) is 4.25. The van der Waals surface area contributed by atoms with Crippen LogP contribution in [0.3, 0.4) is 0 Å². The molecule has 1 aromatic carbocycles. The zero-order chi connectivity index (χ0) is 19.6. The Hall–Kier alpha value is -1.66. The third-order valence-electron chi connectivity index (χ3n) is 4.64. The van der Waals surface area contributed by atoms with Gasteiger partial charge in [0.05, 0.1) is 4.91 Å². The lowest BCUT2D eigenvalue weighted by Crippen LogP contribution is -2.18. The second kappa shape index (κ2) is 11.2. The van der Waals surface area contributed by atoms with E-state index in [0.717, 1.165) is 36.2 Å². The van der Waals surface area contributed by atoms with Crippen molar-refractivity contribution in [1.29, 1.82) is 0 Å². The molecule has 1 aliphatic rings. The molecular weight excluding hydrogens is 378 g/mol. The summed E-state index contributed by atoms with van der Waals surface area (Å²) in [5, 5.41) is 11.5. The van der Waals surface area contributed by atoms with Crippen molar-refractivity contribution in [2.24, 2.45) is 0 Å². The van der Waals surface area contributed by atoms with Gasteiger partial charge in [-0.25, -0.2) is 0 Å². The number of allylic oxidation sites excluding steroid dienone is 1.